The highest BCUT2D eigenvalue weighted by Gasteiger charge is 2.57. The van der Waals surface area contributed by atoms with Crippen LogP contribution in [0.25, 0.3) is 0 Å². The summed E-state index contributed by atoms with van der Waals surface area (Å²) < 4.78 is 29.9. The second-order valence-corrected chi connectivity index (χ2v) is 4.80. The van der Waals surface area contributed by atoms with Crippen LogP contribution >= 0.6 is 0 Å². The van der Waals surface area contributed by atoms with Crippen LogP contribution in [0.5, 0.6) is 0 Å². The van der Waals surface area contributed by atoms with Crippen LogP contribution in [0.2, 0.25) is 0 Å². The predicted octanol–water partition coefficient (Wildman–Crippen LogP) is 2.69. The first-order valence-electron chi connectivity index (χ1n) is 6.02. The van der Waals surface area contributed by atoms with Crippen LogP contribution in [-0.4, -0.2) is 32.3 Å². The van der Waals surface area contributed by atoms with Crippen molar-refractivity contribution < 1.29 is 18.6 Å². The summed E-state index contributed by atoms with van der Waals surface area (Å²) in [5.41, 5.74) is -0.286. The van der Waals surface area contributed by atoms with E-state index in [9.17, 15) is 4.39 Å². The minimum absolute atomic E-state index is 0.0797. The van der Waals surface area contributed by atoms with Crippen LogP contribution in [0.1, 0.15) is 18.4 Å². The van der Waals surface area contributed by atoms with E-state index < -0.39 is 11.5 Å². The lowest BCUT2D eigenvalue weighted by atomic mass is 9.76. The van der Waals surface area contributed by atoms with Crippen molar-refractivity contribution in [1.29, 1.82) is 0 Å². The molecule has 0 amide bonds. The Bertz CT molecular complexity index is 368. The lowest BCUT2D eigenvalue weighted by Gasteiger charge is -2.48. The molecule has 0 bridgehead atoms. The number of halogens is 1. The number of hydrogen-bond donors (Lipinski definition) is 0. The molecule has 1 aliphatic rings. The summed E-state index contributed by atoms with van der Waals surface area (Å²) in [5.74, 6) is -0.759. The van der Waals surface area contributed by atoms with Gasteiger partial charge in [-0.1, -0.05) is 30.3 Å². The largest absolute Gasteiger partial charge is 0.373 e. The van der Waals surface area contributed by atoms with Crippen LogP contribution in [0.3, 0.4) is 0 Å². The summed E-state index contributed by atoms with van der Waals surface area (Å²) in [6, 6.07) is 9.74. The van der Waals surface area contributed by atoms with Gasteiger partial charge in [0, 0.05) is 27.1 Å². The highest BCUT2D eigenvalue weighted by atomic mass is 19.1. The summed E-state index contributed by atoms with van der Waals surface area (Å²) in [5, 5.41) is 0. The monoisotopic (exact) mass is 254 g/mol. The zero-order valence-electron chi connectivity index (χ0n) is 10.8. The summed E-state index contributed by atoms with van der Waals surface area (Å²) >= 11 is 0. The maximum atomic E-state index is 14.2. The van der Waals surface area contributed by atoms with Gasteiger partial charge in [0.25, 0.3) is 0 Å². The molecule has 100 valence electrons. The molecule has 1 aromatic rings. The molecule has 0 radical (unpaired) electrons. The normalized spacial score (nSPS) is 20.4. The Morgan fingerprint density at radius 3 is 2.28 bits per heavy atom. The number of methoxy groups -OCH3 is 2. The third-order valence-corrected chi connectivity index (χ3v) is 3.39. The van der Waals surface area contributed by atoms with Gasteiger partial charge in [0.2, 0.25) is 0 Å². The van der Waals surface area contributed by atoms with E-state index in [1.165, 1.54) is 14.2 Å². The van der Waals surface area contributed by atoms with Crippen LogP contribution < -0.4 is 0 Å². The Morgan fingerprint density at radius 1 is 1.11 bits per heavy atom. The second kappa shape index (κ2) is 5.34. The highest BCUT2D eigenvalue weighted by molar-refractivity contribution is 5.13. The average Bonchev–Trinajstić information content (AvgIpc) is 2.36. The fourth-order valence-corrected chi connectivity index (χ4v) is 2.31. The van der Waals surface area contributed by atoms with Crippen molar-refractivity contribution in [3.05, 3.63) is 35.9 Å². The minimum Gasteiger partial charge on any atom is -0.373 e. The smallest absolute Gasteiger partial charge is 0.173 e. The quantitative estimate of drug-likeness (QED) is 0.730. The van der Waals surface area contributed by atoms with E-state index in [2.05, 4.69) is 0 Å². The van der Waals surface area contributed by atoms with E-state index in [4.69, 9.17) is 14.2 Å². The molecule has 2 rings (SSSR count). The lowest BCUT2D eigenvalue weighted by Crippen LogP contribution is -2.58. The number of hydrogen-bond acceptors (Lipinski definition) is 3. The third kappa shape index (κ3) is 2.88. The molecule has 0 heterocycles. The van der Waals surface area contributed by atoms with Gasteiger partial charge in [0.15, 0.2) is 5.79 Å². The van der Waals surface area contributed by atoms with Gasteiger partial charge in [-0.2, -0.15) is 0 Å². The zero-order valence-corrected chi connectivity index (χ0v) is 10.8. The molecule has 0 aromatic heterocycles. The summed E-state index contributed by atoms with van der Waals surface area (Å²) in [6.07, 6.45) is 0.448. The molecule has 1 saturated carbocycles. The molecule has 0 unspecified atom stereocenters. The molecular formula is C14H19FO3. The van der Waals surface area contributed by atoms with E-state index in [0.717, 1.165) is 5.56 Å². The molecule has 0 saturated heterocycles. The van der Waals surface area contributed by atoms with Crippen molar-refractivity contribution in [2.75, 3.05) is 20.8 Å². The van der Waals surface area contributed by atoms with E-state index in [1.807, 2.05) is 30.3 Å². The average molecular weight is 254 g/mol. The van der Waals surface area contributed by atoms with E-state index >= 15 is 0 Å². The molecule has 18 heavy (non-hydrogen) atoms. The molecule has 0 aliphatic heterocycles. The van der Waals surface area contributed by atoms with E-state index in [1.54, 1.807) is 0 Å². The van der Waals surface area contributed by atoms with Crippen LogP contribution in [-0.2, 0) is 20.8 Å². The Labute approximate surface area is 107 Å². The van der Waals surface area contributed by atoms with Crippen molar-refractivity contribution in [2.45, 2.75) is 30.9 Å². The predicted molar refractivity (Wildman–Crippen MR) is 65.9 cm³/mol. The van der Waals surface area contributed by atoms with E-state index in [-0.39, 0.29) is 19.4 Å². The van der Waals surface area contributed by atoms with Crippen molar-refractivity contribution in [2.24, 2.45) is 0 Å². The lowest BCUT2D eigenvalue weighted by molar-refractivity contribution is -0.305. The summed E-state index contributed by atoms with van der Waals surface area (Å²) in [7, 11) is 3.07. The molecule has 0 spiro atoms. The summed E-state index contributed by atoms with van der Waals surface area (Å²) in [4.78, 5) is 0. The third-order valence-electron chi connectivity index (χ3n) is 3.39. The zero-order chi connectivity index (χ0) is 13.1. The maximum absolute atomic E-state index is 14.2. The van der Waals surface area contributed by atoms with Crippen LogP contribution in [0.15, 0.2) is 30.3 Å². The first-order chi connectivity index (χ1) is 8.61. The molecule has 0 atom stereocenters. The Balaban J connectivity index is 1.75. The Hall–Kier alpha value is -0.970. The van der Waals surface area contributed by atoms with Crippen molar-refractivity contribution in [3.63, 3.8) is 0 Å². The van der Waals surface area contributed by atoms with Gasteiger partial charge in [-0.15, -0.1) is 0 Å². The maximum Gasteiger partial charge on any atom is 0.173 e. The molecular weight excluding hydrogens is 235 g/mol. The Morgan fingerprint density at radius 2 is 1.72 bits per heavy atom. The van der Waals surface area contributed by atoms with Gasteiger partial charge in [0.05, 0.1) is 13.2 Å². The highest BCUT2D eigenvalue weighted by Crippen LogP contribution is 2.47. The molecule has 1 aliphatic carbocycles. The van der Waals surface area contributed by atoms with Gasteiger partial charge in [-0.25, -0.2) is 4.39 Å². The van der Waals surface area contributed by atoms with Crippen LogP contribution in [0, 0.1) is 0 Å². The van der Waals surface area contributed by atoms with Crippen molar-refractivity contribution in [3.8, 4) is 0 Å². The molecule has 1 fully saturated rings. The number of benzene rings is 1. The molecule has 0 N–H and O–H groups in total. The SMILES string of the molecule is COC1(OC)CC(F)(COCc2ccccc2)C1. The van der Waals surface area contributed by atoms with Gasteiger partial charge >= 0.3 is 0 Å². The fraction of sp³-hybridized carbons (Fsp3) is 0.571. The van der Waals surface area contributed by atoms with Crippen molar-refractivity contribution >= 4 is 0 Å². The minimum atomic E-state index is -1.33. The number of rotatable bonds is 6. The Kier molecular flexibility index (Phi) is 4.00. The van der Waals surface area contributed by atoms with Gasteiger partial charge in [-0.3, -0.25) is 0 Å². The fourth-order valence-electron chi connectivity index (χ4n) is 2.31. The molecule has 1 aromatic carbocycles. The first-order valence-corrected chi connectivity index (χ1v) is 6.02. The van der Waals surface area contributed by atoms with Crippen molar-refractivity contribution in [1.82, 2.24) is 0 Å². The summed E-state index contributed by atoms with van der Waals surface area (Å²) in [6.45, 7) is 0.510. The standard InChI is InChI=1S/C14H19FO3/c1-16-14(17-2)9-13(15,10-14)11-18-8-12-6-4-3-5-7-12/h3-7H,8-11H2,1-2H3. The molecule has 3 nitrogen and oxygen atoms in total. The van der Waals surface area contributed by atoms with Gasteiger partial charge in [0.1, 0.15) is 5.67 Å². The van der Waals surface area contributed by atoms with Gasteiger partial charge < -0.3 is 14.2 Å². The number of ether oxygens (including phenoxy) is 3. The second-order valence-electron chi connectivity index (χ2n) is 4.80. The molecule has 4 heteroatoms. The number of alkyl halides is 1. The first kappa shape index (κ1) is 13.5. The topological polar surface area (TPSA) is 27.7 Å². The van der Waals surface area contributed by atoms with Crippen LogP contribution in [0.4, 0.5) is 4.39 Å². The van der Waals surface area contributed by atoms with E-state index in [0.29, 0.717) is 6.61 Å². The van der Waals surface area contributed by atoms with Gasteiger partial charge in [-0.05, 0) is 5.56 Å².